The molecule has 0 amide bonds. The Labute approximate surface area is 139 Å². The van der Waals surface area contributed by atoms with Crippen LogP contribution >= 0.6 is 11.6 Å². The first-order valence-electron chi connectivity index (χ1n) is 7.21. The molecule has 3 aromatic rings. The number of carbonyl (C=O) groups is 1. The normalized spacial score (nSPS) is 11.3. The third-order valence-corrected chi connectivity index (χ3v) is 4.27. The van der Waals surface area contributed by atoms with E-state index in [4.69, 9.17) is 16.3 Å². The molecule has 1 aromatic heterocycles. The van der Waals surface area contributed by atoms with Crippen molar-refractivity contribution in [1.82, 2.24) is 4.57 Å². The molecule has 0 fully saturated rings. The number of allylic oxidation sites excluding steroid dienone is 1. The smallest absolute Gasteiger partial charge is 0.189 e. The summed E-state index contributed by atoms with van der Waals surface area (Å²) in [6, 6.07) is 15.2. The van der Waals surface area contributed by atoms with E-state index in [9.17, 15) is 4.79 Å². The molecule has 0 aliphatic carbocycles. The highest BCUT2D eigenvalue weighted by Gasteiger charge is 2.17. The van der Waals surface area contributed by atoms with Crippen LogP contribution in [0.2, 0.25) is 5.15 Å². The lowest BCUT2D eigenvalue weighted by atomic mass is 10.1. The number of hydrogen-bond acceptors (Lipinski definition) is 2. The second kappa shape index (κ2) is 6.31. The molecule has 4 heteroatoms. The van der Waals surface area contributed by atoms with Crippen molar-refractivity contribution in [1.29, 1.82) is 0 Å². The topological polar surface area (TPSA) is 31.2 Å². The van der Waals surface area contributed by atoms with Crippen LogP contribution in [-0.4, -0.2) is 17.5 Å². The number of aryl methyl sites for hydroxylation is 1. The van der Waals surface area contributed by atoms with E-state index in [0.29, 0.717) is 10.7 Å². The molecule has 1 heterocycles. The van der Waals surface area contributed by atoms with Gasteiger partial charge in [-0.3, -0.25) is 4.79 Å². The number of fused-ring (bicyclic) bond motifs is 1. The third kappa shape index (κ3) is 2.88. The fourth-order valence-electron chi connectivity index (χ4n) is 2.57. The summed E-state index contributed by atoms with van der Waals surface area (Å²) in [5, 5.41) is 1.32. The highest BCUT2D eigenvalue weighted by molar-refractivity contribution is 6.36. The Morgan fingerprint density at radius 3 is 2.52 bits per heavy atom. The van der Waals surface area contributed by atoms with E-state index in [-0.39, 0.29) is 5.78 Å². The lowest BCUT2D eigenvalue weighted by Gasteiger charge is -1.99. The summed E-state index contributed by atoms with van der Waals surface area (Å²) in [5.41, 5.74) is 2.41. The van der Waals surface area contributed by atoms with Crippen molar-refractivity contribution in [2.45, 2.75) is 0 Å². The fraction of sp³-hybridized carbons (Fsp3) is 0.105. The van der Waals surface area contributed by atoms with Gasteiger partial charge in [0.2, 0.25) is 0 Å². The number of rotatable bonds is 4. The molecule has 3 nitrogen and oxygen atoms in total. The van der Waals surface area contributed by atoms with E-state index < -0.39 is 0 Å². The summed E-state index contributed by atoms with van der Waals surface area (Å²) in [7, 11) is 3.48. The average Bonchev–Trinajstić information content (AvgIpc) is 2.85. The quantitative estimate of drug-likeness (QED) is 0.512. The summed E-state index contributed by atoms with van der Waals surface area (Å²) in [6.45, 7) is 0. The molecule has 116 valence electrons. The lowest BCUT2D eigenvalue weighted by molar-refractivity contribution is 0.104. The number of nitrogens with zero attached hydrogens (tertiary/aromatic N) is 1. The van der Waals surface area contributed by atoms with E-state index in [0.717, 1.165) is 22.2 Å². The zero-order valence-electron chi connectivity index (χ0n) is 12.9. The highest BCUT2D eigenvalue weighted by Crippen LogP contribution is 2.29. The van der Waals surface area contributed by atoms with Gasteiger partial charge in [-0.2, -0.15) is 0 Å². The Balaban J connectivity index is 1.94. The van der Waals surface area contributed by atoms with Gasteiger partial charge in [-0.15, -0.1) is 0 Å². The Bertz CT molecular complexity index is 892. The number of carbonyl (C=O) groups excluding carboxylic acids is 1. The Morgan fingerprint density at radius 1 is 1.13 bits per heavy atom. The molecule has 0 spiro atoms. The Hall–Kier alpha value is -2.52. The first-order valence-corrected chi connectivity index (χ1v) is 7.59. The molecule has 0 aliphatic heterocycles. The van der Waals surface area contributed by atoms with Crippen LogP contribution < -0.4 is 4.74 Å². The van der Waals surface area contributed by atoms with Gasteiger partial charge in [0.25, 0.3) is 0 Å². The molecule has 3 rings (SSSR count). The summed E-state index contributed by atoms with van der Waals surface area (Å²) in [6.07, 6.45) is 3.33. The molecule has 0 N–H and O–H groups in total. The minimum atomic E-state index is -0.109. The summed E-state index contributed by atoms with van der Waals surface area (Å²) in [5.74, 6) is 0.674. The molecule has 0 bridgehead atoms. The van der Waals surface area contributed by atoms with E-state index in [1.807, 2.05) is 60.1 Å². The average molecular weight is 326 g/mol. The van der Waals surface area contributed by atoms with Crippen molar-refractivity contribution in [3.63, 3.8) is 0 Å². The van der Waals surface area contributed by atoms with Gasteiger partial charge in [0, 0.05) is 18.0 Å². The minimum Gasteiger partial charge on any atom is -0.497 e. The van der Waals surface area contributed by atoms with Gasteiger partial charge in [0.1, 0.15) is 10.9 Å². The van der Waals surface area contributed by atoms with Gasteiger partial charge >= 0.3 is 0 Å². The maximum atomic E-state index is 12.6. The van der Waals surface area contributed by atoms with Crippen molar-refractivity contribution < 1.29 is 9.53 Å². The van der Waals surface area contributed by atoms with Gasteiger partial charge in [0.05, 0.1) is 12.7 Å². The van der Waals surface area contributed by atoms with Crippen LogP contribution in [0, 0.1) is 0 Å². The third-order valence-electron chi connectivity index (χ3n) is 3.82. The molecule has 23 heavy (non-hydrogen) atoms. The molecular weight excluding hydrogens is 310 g/mol. The lowest BCUT2D eigenvalue weighted by Crippen LogP contribution is -1.95. The van der Waals surface area contributed by atoms with Crippen molar-refractivity contribution in [3.8, 4) is 5.75 Å². The van der Waals surface area contributed by atoms with Crippen molar-refractivity contribution >= 4 is 34.4 Å². The highest BCUT2D eigenvalue weighted by atomic mass is 35.5. The number of hydrogen-bond donors (Lipinski definition) is 0. The minimum absolute atomic E-state index is 0.109. The van der Waals surface area contributed by atoms with Crippen LogP contribution in [-0.2, 0) is 7.05 Å². The second-order valence-electron chi connectivity index (χ2n) is 5.21. The Morgan fingerprint density at radius 2 is 1.83 bits per heavy atom. The molecule has 0 unspecified atom stereocenters. The standard InChI is InChI=1S/C19H16ClNO2/c1-21-16-6-4-3-5-15(16)18(19(21)20)17(22)12-9-13-7-10-14(23-2)11-8-13/h3-12H,1-2H3/b12-9+. The number of benzene rings is 2. The van der Waals surface area contributed by atoms with E-state index in [1.165, 1.54) is 0 Å². The number of ketones is 1. The molecule has 0 radical (unpaired) electrons. The second-order valence-corrected chi connectivity index (χ2v) is 5.57. The Kier molecular flexibility index (Phi) is 4.22. The first kappa shape index (κ1) is 15.4. The first-order chi connectivity index (χ1) is 11.1. The van der Waals surface area contributed by atoms with Crippen molar-refractivity contribution in [2.24, 2.45) is 7.05 Å². The van der Waals surface area contributed by atoms with Gasteiger partial charge in [0.15, 0.2) is 5.78 Å². The van der Waals surface area contributed by atoms with Crippen molar-refractivity contribution in [3.05, 3.63) is 70.9 Å². The van der Waals surface area contributed by atoms with Gasteiger partial charge < -0.3 is 9.30 Å². The maximum Gasteiger partial charge on any atom is 0.189 e. The SMILES string of the molecule is COc1ccc(/C=C/C(=O)c2c(Cl)n(C)c3ccccc23)cc1. The van der Waals surface area contributed by atoms with Crippen LogP contribution in [0.4, 0.5) is 0 Å². The molecule has 0 atom stereocenters. The van der Waals surface area contributed by atoms with Crippen LogP contribution in [0.1, 0.15) is 15.9 Å². The molecule has 0 saturated carbocycles. The number of halogens is 1. The van der Waals surface area contributed by atoms with E-state index in [1.54, 1.807) is 19.3 Å². The van der Waals surface area contributed by atoms with Crippen LogP contribution in [0.25, 0.3) is 17.0 Å². The molecule has 2 aromatic carbocycles. The summed E-state index contributed by atoms with van der Waals surface area (Å²) < 4.78 is 6.94. The number of aromatic nitrogens is 1. The molecular formula is C19H16ClNO2. The van der Waals surface area contributed by atoms with Gasteiger partial charge in [-0.1, -0.05) is 48.0 Å². The summed E-state index contributed by atoms with van der Waals surface area (Å²) >= 11 is 6.34. The van der Waals surface area contributed by atoms with Gasteiger partial charge in [-0.05, 0) is 29.8 Å². The van der Waals surface area contributed by atoms with Crippen LogP contribution in [0.5, 0.6) is 5.75 Å². The predicted octanol–water partition coefficient (Wildman–Crippen LogP) is 4.74. The zero-order valence-corrected chi connectivity index (χ0v) is 13.7. The largest absolute Gasteiger partial charge is 0.497 e. The summed E-state index contributed by atoms with van der Waals surface area (Å²) in [4.78, 5) is 12.6. The predicted molar refractivity (Wildman–Crippen MR) is 94.3 cm³/mol. The maximum absolute atomic E-state index is 12.6. The molecule has 0 saturated heterocycles. The zero-order chi connectivity index (χ0) is 16.4. The number of para-hydroxylation sites is 1. The van der Waals surface area contributed by atoms with Crippen LogP contribution in [0.15, 0.2) is 54.6 Å². The number of methoxy groups -OCH3 is 1. The monoisotopic (exact) mass is 325 g/mol. The van der Waals surface area contributed by atoms with Crippen LogP contribution in [0.3, 0.4) is 0 Å². The van der Waals surface area contributed by atoms with Gasteiger partial charge in [-0.25, -0.2) is 0 Å². The van der Waals surface area contributed by atoms with E-state index in [2.05, 4.69) is 0 Å². The van der Waals surface area contributed by atoms with E-state index >= 15 is 0 Å². The fourth-order valence-corrected chi connectivity index (χ4v) is 2.85. The van der Waals surface area contributed by atoms with Crippen molar-refractivity contribution in [2.75, 3.05) is 7.11 Å². The number of ether oxygens (including phenoxy) is 1. The molecule has 0 aliphatic rings.